The Balaban J connectivity index is 4.33. The second kappa shape index (κ2) is 43.0. The largest absolute Gasteiger partial charge is 0.462 e. The van der Waals surface area contributed by atoms with Gasteiger partial charge in [-0.25, -0.2) is 0 Å². The first-order valence-corrected chi connectivity index (χ1v) is 24.8. The summed E-state index contributed by atoms with van der Waals surface area (Å²) in [4.78, 5) is 37.8. The predicted octanol–water partition coefficient (Wildman–Crippen LogP) is 15.8. The highest BCUT2D eigenvalue weighted by Gasteiger charge is 2.19. The maximum atomic E-state index is 12.7. The molecular formula is C50H96O6. The van der Waals surface area contributed by atoms with Crippen LogP contribution in [0.2, 0.25) is 0 Å². The van der Waals surface area contributed by atoms with Gasteiger partial charge in [0.05, 0.1) is 0 Å². The molecule has 0 bridgehead atoms. The average molecular weight is 793 g/mol. The Morgan fingerprint density at radius 1 is 0.375 bits per heavy atom. The molecule has 0 rings (SSSR count). The Labute approximate surface area is 348 Å². The van der Waals surface area contributed by atoms with Crippen LogP contribution in [0.1, 0.15) is 272 Å². The number of rotatable bonds is 44. The second-order valence-corrected chi connectivity index (χ2v) is 17.8. The molecule has 0 N–H and O–H groups in total. The quantitative estimate of drug-likeness (QED) is 0.0347. The minimum atomic E-state index is -0.761. The van der Waals surface area contributed by atoms with E-state index < -0.39 is 6.10 Å². The Morgan fingerprint density at radius 2 is 0.679 bits per heavy atom. The first kappa shape index (κ1) is 54.4. The highest BCUT2D eigenvalue weighted by molar-refractivity contribution is 5.71. The van der Waals surface area contributed by atoms with E-state index in [0.29, 0.717) is 19.3 Å². The van der Waals surface area contributed by atoms with Crippen LogP contribution in [0.15, 0.2) is 0 Å². The summed E-state index contributed by atoms with van der Waals surface area (Å²) in [6.45, 7) is 11.4. The molecule has 0 fully saturated rings. The molecule has 0 aromatic carbocycles. The maximum Gasteiger partial charge on any atom is 0.306 e. The highest BCUT2D eigenvalue weighted by Crippen LogP contribution is 2.17. The fourth-order valence-electron chi connectivity index (χ4n) is 7.43. The molecule has 0 radical (unpaired) electrons. The van der Waals surface area contributed by atoms with Gasteiger partial charge in [0.25, 0.3) is 0 Å². The molecule has 0 heterocycles. The molecule has 0 aromatic rings. The van der Waals surface area contributed by atoms with E-state index in [2.05, 4.69) is 34.6 Å². The van der Waals surface area contributed by atoms with Gasteiger partial charge in [0.1, 0.15) is 13.2 Å². The minimum absolute atomic E-state index is 0.0645. The second-order valence-electron chi connectivity index (χ2n) is 17.8. The van der Waals surface area contributed by atoms with Crippen LogP contribution in [0.25, 0.3) is 0 Å². The van der Waals surface area contributed by atoms with Crippen molar-refractivity contribution in [2.45, 2.75) is 278 Å². The van der Waals surface area contributed by atoms with Crippen molar-refractivity contribution >= 4 is 17.9 Å². The van der Waals surface area contributed by atoms with Gasteiger partial charge < -0.3 is 14.2 Å². The Bertz CT molecular complexity index is 856. The lowest BCUT2D eigenvalue weighted by atomic mass is 9.99. The molecule has 2 atom stereocenters. The smallest absolute Gasteiger partial charge is 0.306 e. The fourth-order valence-corrected chi connectivity index (χ4v) is 7.43. The molecule has 1 unspecified atom stereocenters. The SMILES string of the molecule is CCCCCCCCCCCCCCCC(=O)O[C@@H](COC(=O)CCCCCCCCCCCCC(C)CC)COC(=O)CCCCCCCCCCC(C)C. The van der Waals surface area contributed by atoms with Crippen LogP contribution < -0.4 is 0 Å². The average Bonchev–Trinajstić information content (AvgIpc) is 3.18. The van der Waals surface area contributed by atoms with Crippen LogP contribution in [0.5, 0.6) is 0 Å². The van der Waals surface area contributed by atoms with Gasteiger partial charge in [-0.2, -0.15) is 0 Å². The van der Waals surface area contributed by atoms with Crippen LogP contribution in [-0.4, -0.2) is 37.2 Å². The Morgan fingerprint density at radius 3 is 1.02 bits per heavy atom. The monoisotopic (exact) mass is 793 g/mol. The van der Waals surface area contributed by atoms with E-state index in [1.54, 1.807) is 0 Å². The molecule has 0 amide bonds. The molecule has 6 heteroatoms. The van der Waals surface area contributed by atoms with Crippen LogP contribution in [-0.2, 0) is 28.6 Å². The molecule has 0 aromatic heterocycles. The topological polar surface area (TPSA) is 78.9 Å². The molecule has 0 saturated carbocycles. The summed E-state index contributed by atoms with van der Waals surface area (Å²) in [5, 5.41) is 0. The number of unbranched alkanes of at least 4 members (excludes halogenated alkanes) is 28. The molecule has 6 nitrogen and oxygen atoms in total. The molecule has 0 aliphatic carbocycles. The van der Waals surface area contributed by atoms with Crippen molar-refractivity contribution in [3.8, 4) is 0 Å². The minimum Gasteiger partial charge on any atom is -0.462 e. The van der Waals surface area contributed by atoms with E-state index in [0.717, 1.165) is 69.6 Å². The van der Waals surface area contributed by atoms with Crippen LogP contribution in [0, 0.1) is 11.8 Å². The van der Waals surface area contributed by atoms with Crippen molar-refractivity contribution in [2.75, 3.05) is 13.2 Å². The van der Waals surface area contributed by atoms with Crippen LogP contribution in [0.3, 0.4) is 0 Å². The summed E-state index contributed by atoms with van der Waals surface area (Å²) >= 11 is 0. The van der Waals surface area contributed by atoms with Gasteiger partial charge in [-0.15, -0.1) is 0 Å². The normalized spacial score (nSPS) is 12.5. The first-order chi connectivity index (χ1) is 27.3. The van der Waals surface area contributed by atoms with Gasteiger partial charge in [0, 0.05) is 19.3 Å². The fraction of sp³-hybridized carbons (Fsp3) is 0.940. The van der Waals surface area contributed by atoms with E-state index in [4.69, 9.17) is 14.2 Å². The van der Waals surface area contributed by atoms with Gasteiger partial charge in [0.15, 0.2) is 6.10 Å². The number of ether oxygens (including phenoxy) is 3. The summed E-state index contributed by atoms with van der Waals surface area (Å²) < 4.78 is 16.8. The standard InChI is InChI=1S/C50H96O6/c1-6-8-9-10-11-12-13-14-15-20-27-32-37-42-50(53)56-47(44-55-49(52)41-36-31-26-22-21-23-28-33-38-45(3)4)43-54-48(51)40-35-30-25-19-17-16-18-24-29-34-39-46(5)7-2/h45-47H,6-44H2,1-5H3/t46?,47-/m0/s1. The van der Waals surface area contributed by atoms with Gasteiger partial charge in [-0.1, -0.05) is 234 Å². The van der Waals surface area contributed by atoms with E-state index in [1.807, 2.05) is 0 Å². The summed E-state index contributed by atoms with van der Waals surface area (Å²) in [5.74, 6) is 0.813. The number of hydrogen-bond acceptors (Lipinski definition) is 6. The van der Waals surface area contributed by atoms with Gasteiger partial charge in [-0.3, -0.25) is 14.4 Å². The number of carbonyl (C=O) groups excluding carboxylic acids is 3. The highest BCUT2D eigenvalue weighted by atomic mass is 16.6. The van der Waals surface area contributed by atoms with Crippen LogP contribution in [0.4, 0.5) is 0 Å². The van der Waals surface area contributed by atoms with Crippen molar-refractivity contribution < 1.29 is 28.6 Å². The van der Waals surface area contributed by atoms with E-state index in [-0.39, 0.29) is 31.1 Å². The van der Waals surface area contributed by atoms with Crippen molar-refractivity contribution in [3.05, 3.63) is 0 Å². The number of carbonyl (C=O) groups is 3. The van der Waals surface area contributed by atoms with Crippen molar-refractivity contribution in [3.63, 3.8) is 0 Å². The molecule has 0 saturated heterocycles. The lowest BCUT2D eigenvalue weighted by Gasteiger charge is -2.18. The third-order valence-corrected chi connectivity index (χ3v) is 11.6. The van der Waals surface area contributed by atoms with Crippen LogP contribution >= 0.6 is 0 Å². The summed E-state index contributed by atoms with van der Waals surface area (Å²) in [5.41, 5.74) is 0. The Hall–Kier alpha value is -1.59. The summed E-state index contributed by atoms with van der Waals surface area (Å²) in [7, 11) is 0. The van der Waals surface area contributed by atoms with Gasteiger partial charge >= 0.3 is 17.9 Å². The van der Waals surface area contributed by atoms with Crippen molar-refractivity contribution in [1.82, 2.24) is 0 Å². The summed E-state index contributed by atoms with van der Waals surface area (Å²) in [6, 6.07) is 0. The maximum absolute atomic E-state index is 12.7. The van der Waals surface area contributed by atoms with E-state index >= 15 is 0 Å². The number of esters is 3. The van der Waals surface area contributed by atoms with Gasteiger partial charge in [0.2, 0.25) is 0 Å². The lowest BCUT2D eigenvalue weighted by Crippen LogP contribution is -2.30. The summed E-state index contributed by atoms with van der Waals surface area (Å²) in [6.07, 6.45) is 42.2. The molecule has 56 heavy (non-hydrogen) atoms. The molecule has 0 spiro atoms. The number of hydrogen-bond donors (Lipinski definition) is 0. The van der Waals surface area contributed by atoms with E-state index in [1.165, 1.54) is 161 Å². The van der Waals surface area contributed by atoms with Gasteiger partial charge in [-0.05, 0) is 31.1 Å². The predicted molar refractivity (Wildman–Crippen MR) is 238 cm³/mol. The van der Waals surface area contributed by atoms with E-state index in [9.17, 15) is 14.4 Å². The molecule has 332 valence electrons. The Kier molecular flexibility index (Phi) is 41.8. The van der Waals surface area contributed by atoms with Crippen molar-refractivity contribution in [1.29, 1.82) is 0 Å². The third-order valence-electron chi connectivity index (χ3n) is 11.6. The zero-order valence-electron chi connectivity index (χ0n) is 38.3. The molecule has 0 aliphatic rings. The zero-order valence-corrected chi connectivity index (χ0v) is 38.3. The first-order valence-electron chi connectivity index (χ1n) is 24.8. The molecule has 0 aliphatic heterocycles. The van der Waals surface area contributed by atoms with Crippen molar-refractivity contribution in [2.24, 2.45) is 11.8 Å². The molecular weight excluding hydrogens is 697 g/mol. The third kappa shape index (κ3) is 42.0. The zero-order chi connectivity index (χ0) is 41.2. The lowest BCUT2D eigenvalue weighted by molar-refractivity contribution is -0.167.